The van der Waals surface area contributed by atoms with Crippen LogP contribution in [0.2, 0.25) is 0 Å². The maximum atomic E-state index is 4.23. The molecule has 3 heterocycles. The largest absolute Gasteiger partial charge is 0.262 e. The first-order valence-electron chi connectivity index (χ1n) is 5.18. The Kier molecular flexibility index (Phi) is 2.32. The minimum absolute atomic E-state index is 0.510. The van der Waals surface area contributed by atoms with Crippen molar-refractivity contribution in [1.29, 1.82) is 0 Å². The quantitative estimate of drug-likeness (QED) is 0.736. The van der Waals surface area contributed by atoms with Gasteiger partial charge in [-0.1, -0.05) is 5.21 Å². The van der Waals surface area contributed by atoms with E-state index in [9.17, 15) is 0 Å². The molecule has 3 rings (SSSR count). The van der Waals surface area contributed by atoms with Crippen molar-refractivity contribution in [2.75, 3.05) is 11.5 Å². The Morgan fingerprint density at radius 2 is 2.47 bits per heavy atom. The first kappa shape index (κ1) is 9.15. The minimum Gasteiger partial charge on any atom is -0.262 e. The van der Waals surface area contributed by atoms with Crippen LogP contribution in [0.3, 0.4) is 0 Å². The molecule has 0 N–H and O–H groups in total. The average Bonchev–Trinajstić information content (AvgIpc) is 2.74. The highest BCUT2D eigenvalue weighted by Gasteiger charge is 2.18. The summed E-state index contributed by atoms with van der Waals surface area (Å²) in [5.41, 5.74) is 2.01. The van der Waals surface area contributed by atoms with Gasteiger partial charge in [-0.15, -0.1) is 5.10 Å². The molecule has 1 aliphatic heterocycles. The Bertz CT molecular complexity index is 461. The van der Waals surface area contributed by atoms with Crippen LogP contribution in [0.4, 0.5) is 0 Å². The van der Waals surface area contributed by atoms with Crippen LogP contribution in [-0.2, 0) is 0 Å². The molecule has 0 spiro atoms. The van der Waals surface area contributed by atoms with Gasteiger partial charge in [-0.25, -0.2) is 4.68 Å². The third kappa shape index (κ3) is 1.61. The maximum absolute atomic E-state index is 4.23. The van der Waals surface area contributed by atoms with E-state index in [-0.39, 0.29) is 0 Å². The lowest BCUT2D eigenvalue weighted by atomic mass is 10.2. The van der Waals surface area contributed by atoms with E-state index in [0.717, 1.165) is 16.8 Å². The fourth-order valence-electron chi connectivity index (χ4n) is 1.98. The molecule has 1 atom stereocenters. The summed E-state index contributed by atoms with van der Waals surface area (Å²) >= 11 is 2.01. The van der Waals surface area contributed by atoms with Gasteiger partial charge in [0.1, 0.15) is 5.52 Å². The van der Waals surface area contributed by atoms with Crippen LogP contribution in [0.5, 0.6) is 0 Å². The lowest BCUT2D eigenvalue weighted by Crippen LogP contribution is -2.17. The summed E-state index contributed by atoms with van der Waals surface area (Å²) < 4.78 is 2.06. The number of thioether (sulfide) groups is 1. The molecule has 0 radical (unpaired) electrons. The molecule has 0 aliphatic carbocycles. The van der Waals surface area contributed by atoms with E-state index < -0.39 is 0 Å². The van der Waals surface area contributed by atoms with Crippen molar-refractivity contribution >= 4 is 22.8 Å². The third-order valence-electron chi connectivity index (χ3n) is 2.76. The fourth-order valence-corrected chi connectivity index (χ4v) is 3.10. The molecule has 0 amide bonds. The minimum atomic E-state index is 0.510. The lowest BCUT2D eigenvalue weighted by molar-refractivity contribution is 0.455. The summed E-state index contributed by atoms with van der Waals surface area (Å²) in [5, 5.41) is 8.37. The van der Waals surface area contributed by atoms with Gasteiger partial charge in [0.05, 0.1) is 17.8 Å². The molecule has 78 valence electrons. The van der Waals surface area contributed by atoms with Gasteiger partial charge >= 0.3 is 0 Å². The first-order chi connectivity index (χ1) is 7.45. The molecule has 1 aliphatic rings. The molecule has 0 aromatic carbocycles. The highest BCUT2D eigenvalue weighted by Crippen LogP contribution is 2.28. The van der Waals surface area contributed by atoms with Crippen LogP contribution < -0.4 is 0 Å². The Labute approximate surface area is 92.1 Å². The van der Waals surface area contributed by atoms with Crippen molar-refractivity contribution < 1.29 is 0 Å². The number of hydrogen-bond acceptors (Lipinski definition) is 4. The molecular formula is C10H12N4S. The van der Waals surface area contributed by atoms with E-state index >= 15 is 0 Å². The van der Waals surface area contributed by atoms with Crippen LogP contribution in [-0.4, -0.2) is 31.5 Å². The van der Waals surface area contributed by atoms with Gasteiger partial charge in [0.25, 0.3) is 0 Å². The van der Waals surface area contributed by atoms with Crippen LogP contribution in [0.15, 0.2) is 18.5 Å². The van der Waals surface area contributed by atoms with E-state index in [2.05, 4.69) is 20.0 Å². The predicted octanol–water partition coefficient (Wildman–Crippen LogP) is 1.89. The molecule has 1 fully saturated rings. The van der Waals surface area contributed by atoms with Crippen molar-refractivity contribution in [3.63, 3.8) is 0 Å². The van der Waals surface area contributed by atoms with Crippen LogP contribution in [0.25, 0.3) is 11.0 Å². The molecular weight excluding hydrogens is 208 g/mol. The van der Waals surface area contributed by atoms with Crippen LogP contribution in [0.1, 0.15) is 18.9 Å². The van der Waals surface area contributed by atoms with Gasteiger partial charge in [-0.2, -0.15) is 11.8 Å². The topological polar surface area (TPSA) is 43.6 Å². The summed E-state index contributed by atoms with van der Waals surface area (Å²) in [6.07, 6.45) is 6.07. The first-order valence-corrected chi connectivity index (χ1v) is 6.33. The van der Waals surface area contributed by atoms with Crippen molar-refractivity contribution in [2.45, 2.75) is 18.9 Å². The van der Waals surface area contributed by atoms with Crippen molar-refractivity contribution in [2.24, 2.45) is 0 Å². The SMILES string of the molecule is c1cc2c(cn1)nnn2C1CCCSC1. The molecule has 2 aromatic rings. The molecule has 5 heteroatoms. The van der Waals surface area contributed by atoms with Crippen molar-refractivity contribution in [3.8, 4) is 0 Å². The van der Waals surface area contributed by atoms with E-state index in [4.69, 9.17) is 0 Å². The summed E-state index contributed by atoms with van der Waals surface area (Å²) in [6, 6.07) is 2.50. The number of nitrogens with zero attached hydrogens (tertiary/aromatic N) is 4. The normalized spacial score (nSPS) is 22.0. The molecule has 4 nitrogen and oxygen atoms in total. The van der Waals surface area contributed by atoms with E-state index in [1.165, 1.54) is 18.6 Å². The van der Waals surface area contributed by atoms with Crippen molar-refractivity contribution in [3.05, 3.63) is 18.5 Å². The zero-order valence-electron chi connectivity index (χ0n) is 8.33. The van der Waals surface area contributed by atoms with E-state index in [1.54, 1.807) is 12.4 Å². The number of aromatic nitrogens is 4. The van der Waals surface area contributed by atoms with Gasteiger partial charge in [-0.3, -0.25) is 4.98 Å². The predicted molar refractivity (Wildman–Crippen MR) is 60.9 cm³/mol. The Balaban J connectivity index is 2.02. The van der Waals surface area contributed by atoms with E-state index in [1.807, 2.05) is 17.8 Å². The Hall–Kier alpha value is -1.10. The second-order valence-electron chi connectivity index (χ2n) is 3.77. The molecule has 1 saturated heterocycles. The Morgan fingerprint density at radius 1 is 1.47 bits per heavy atom. The van der Waals surface area contributed by atoms with Gasteiger partial charge < -0.3 is 0 Å². The molecule has 15 heavy (non-hydrogen) atoms. The van der Waals surface area contributed by atoms with Gasteiger partial charge in [0.2, 0.25) is 0 Å². The third-order valence-corrected chi connectivity index (χ3v) is 3.95. The van der Waals surface area contributed by atoms with Crippen LogP contribution in [0, 0.1) is 0 Å². The average molecular weight is 220 g/mol. The van der Waals surface area contributed by atoms with Crippen molar-refractivity contribution in [1.82, 2.24) is 20.0 Å². The van der Waals surface area contributed by atoms with Crippen LogP contribution >= 0.6 is 11.8 Å². The number of rotatable bonds is 1. The Morgan fingerprint density at radius 3 is 3.33 bits per heavy atom. The molecule has 1 unspecified atom stereocenters. The highest BCUT2D eigenvalue weighted by molar-refractivity contribution is 7.99. The summed E-state index contributed by atoms with van der Waals surface area (Å²) in [5.74, 6) is 2.44. The van der Waals surface area contributed by atoms with Gasteiger partial charge in [0.15, 0.2) is 0 Å². The fraction of sp³-hybridized carbons (Fsp3) is 0.500. The summed E-state index contributed by atoms with van der Waals surface area (Å²) in [6.45, 7) is 0. The van der Waals surface area contributed by atoms with E-state index in [0.29, 0.717) is 6.04 Å². The van der Waals surface area contributed by atoms with Gasteiger partial charge in [0, 0.05) is 11.9 Å². The second kappa shape index (κ2) is 3.81. The summed E-state index contributed by atoms with van der Waals surface area (Å²) in [7, 11) is 0. The number of fused-ring (bicyclic) bond motifs is 1. The molecule has 0 saturated carbocycles. The van der Waals surface area contributed by atoms with Gasteiger partial charge in [-0.05, 0) is 24.7 Å². The second-order valence-corrected chi connectivity index (χ2v) is 4.92. The zero-order valence-corrected chi connectivity index (χ0v) is 9.15. The summed E-state index contributed by atoms with van der Waals surface area (Å²) in [4.78, 5) is 4.05. The smallest absolute Gasteiger partial charge is 0.131 e. The molecule has 0 bridgehead atoms. The molecule has 2 aromatic heterocycles. The zero-order chi connectivity index (χ0) is 10.1. The highest BCUT2D eigenvalue weighted by atomic mass is 32.2. The standard InChI is InChI=1S/C10H12N4S/c1-2-8(7-15-5-1)14-10-3-4-11-6-9(10)12-13-14/h3-4,6,8H,1-2,5,7H2. The maximum Gasteiger partial charge on any atom is 0.131 e. The number of pyridine rings is 1. The number of hydrogen-bond donors (Lipinski definition) is 0. The lowest BCUT2D eigenvalue weighted by Gasteiger charge is -2.21. The monoisotopic (exact) mass is 220 g/mol.